The number of hydrogen-bond acceptors (Lipinski definition) is 3. The molecule has 0 aromatic heterocycles. The van der Waals surface area contributed by atoms with E-state index in [0.717, 1.165) is 11.1 Å². The summed E-state index contributed by atoms with van der Waals surface area (Å²) in [5.74, 6) is -1.52. The lowest BCUT2D eigenvalue weighted by Crippen LogP contribution is -2.29. The van der Waals surface area contributed by atoms with Crippen molar-refractivity contribution in [2.45, 2.75) is 12.6 Å². The number of rotatable bonds is 4. The van der Waals surface area contributed by atoms with Crippen molar-refractivity contribution in [2.75, 3.05) is 0 Å². The average Bonchev–Trinajstić information content (AvgIpc) is 3.00. The fourth-order valence-corrected chi connectivity index (χ4v) is 3.69. The minimum atomic E-state index is -0.692. The first-order valence-electron chi connectivity index (χ1n) is 9.19. The molecule has 1 aliphatic rings. The Balaban J connectivity index is 1.85. The Morgan fingerprint density at radius 2 is 1.45 bits per heavy atom. The number of benzene rings is 3. The highest BCUT2D eigenvalue weighted by atomic mass is 35.5. The topological polar surface area (TPSA) is 57.6 Å². The van der Waals surface area contributed by atoms with Crippen LogP contribution in [0.3, 0.4) is 0 Å². The smallest absolute Gasteiger partial charge is 0.295 e. The Morgan fingerprint density at radius 3 is 2.07 bits per heavy atom. The Hall–Kier alpha value is -3.37. The van der Waals surface area contributed by atoms with Crippen molar-refractivity contribution < 1.29 is 14.7 Å². The van der Waals surface area contributed by atoms with Crippen LogP contribution < -0.4 is 0 Å². The molecule has 1 atom stereocenters. The van der Waals surface area contributed by atoms with Crippen LogP contribution in [-0.4, -0.2) is 21.7 Å². The Kier molecular flexibility index (Phi) is 5.19. The Labute approximate surface area is 173 Å². The molecule has 0 bridgehead atoms. The molecule has 0 saturated carbocycles. The monoisotopic (exact) mass is 403 g/mol. The van der Waals surface area contributed by atoms with Crippen LogP contribution >= 0.6 is 11.6 Å². The number of Topliss-reactive ketones (excluding diaryl/α,β-unsaturated/α-hetero) is 1. The molecule has 29 heavy (non-hydrogen) atoms. The molecule has 1 amide bonds. The highest BCUT2D eigenvalue weighted by Crippen LogP contribution is 2.40. The maximum absolute atomic E-state index is 12.9. The predicted molar refractivity (Wildman–Crippen MR) is 112 cm³/mol. The molecule has 1 N–H and O–H groups in total. The first kappa shape index (κ1) is 19.0. The molecule has 0 unspecified atom stereocenters. The molecule has 0 radical (unpaired) electrons. The van der Waals surface area contributed by atoms with Crippen LogP contribution in [0.25, 0.3) is 5.76 Å². The molecule has 3 aromatic rings. The number of ketones is 1. The van der Waals surface area contributed by atoms with Crippen LogP contribution in [0.2, 0.25) is 5.02 Å². The van der Waals surface area contributed by atoms with Gasteiger partial charge in [0.05, 0.1) is 11.6 Å². The van der Waals surface area contributed by atoms with Crippen molar-refractivity contribution in [1.82, 2.24) is 4.90 Å². The van der Waals surface area contributed by atoms with Gasteiger partial charge in [-0.05, 0) is 35.4 Å². The molecule has 5 heteroatoms. The molecule has 0 spiro atoms. The third-order valence-corrected chi connectivity index (χ3v) is 5.22. The Bertz CT molecular complexity index is 1080. The molecule has 1 saturated heterocycles. The van der Waals surface area contributed by atoms with Gasteiger partial charge in [0.2, 0.25) is 0 Å². The second-order valence-corrected chi connectivity index (χ2v) is 7.27. The van der Waals surface area contributed by atoms with E-state index in [4.69, 9.17) is 11.6 Å². The van der Waals surface area contributed by atoms with Crippen LogP contribution in [-0.2, 0) is 16.1 Å². The van der Waals surface area contributed by atoms with Crippen LogP contribution in [0, 0.1) is 0 Å². The molecular weight excluding hydrogens is 386 g/mol. The lowest BCUT2D eigenvalue weighted by atomic mass is 9.95. The number of nitrogens with zero attached hydrogens (tertiary/aromatic N) is 1. The minimum Gasteiger partial charge on any atom is -0.507 e. The van der Waals surface area contributed by atoms with Crippen molar-refractivity contribution >= 4 is 29.1 Å². The van der Waals surface area contributed by atoms with Gasteiger partial charge < -0.3 is 10.0 Å². The molecule has 1 fully saturated rings. The van der Waals surface area contributed by atoms with Gasteiger partial charge in [-0.3, -0.25) is 9.59 Å². The van der Waals surface area contributed by atoms with Crippen molar-refractivity contribution in [3.05, 3.63) is 112 Å². The number of carbonyl (C=O) groups excluding carboxylic acids is 2. The van der Waals surface area contributed by atoms with E-state index >= 15 is 0 Å². The normalized spacial score (nSPS) is 18.2. The molecule has 4 rings (SSSR count). The number of likely N-dealkylation sites (tertiary alicyclic amines) is 1. The van der Waals surface area contributed by atoms with Crippen LogP contribution in [0.1, 0.15) is 22.7 Å². The van der Waals surface area contributed by atoms with E-state index in [-0.39, 0.29) is 17.9 Å². The molecule has 3 aromatic carbocycles. The molecular formula is C24H18ClNO3. The fourth-order valence-electron chi connectivity index (χ4n) is 3.57. The molecule has 1 heterocycles. The number of aliphatic hydroxyl groups is 1. The maximum Gasteiger partial charge on any atom is 0.295 e. The summed E-state index contributed by atoms with van der Waals surface area (Å²) in [7, 11) is 0. The SMILES string of the molecule is O=C1C(=O)N(Cc2ccccc2)[C@@H](c2ccccc2)C1=C(O)c1ccc(Cl)cc1. The van der Waals surface area contributed by atoms with Gasteiger partial charge in [0.25, 0.3) is 11.7 Å². The van der Waals surface area contributed by atoms with Crippen LogP contribution in [0.15, 0.2) is 90.5 Å². The zero-order chi connectivity index (χ0) is 20.4. The van der Waals surface area contributed by atoms with Crippen molar-refractivity contribution in [3.8, 4) is 0 Å². The number of hydrogen-bond donors (Lipinski definition) is 1. The van der Waals surface area contributed by atoms with E-state index in [1.54, 1.807) is 24.3 Å². The van der Waals surface area contributed by atoms with E-state index in [1.165, 1.54) is 4.90 Å². The fraction of sp³-hybridized carbons (Fsp3) is 0.0833. The van der Waals surface area contributed by atoms with E-state index in [2.05, 4.69) is 0 Å². The van der Waals surface area contributed by atoms with E-state index in [1.807, 2.05) is 60.7 Å². The van der Waals surface area contributed by atoms with Gasteiger partial charge in [0.15, 0.2) is 0 Å². The van der Waals surface area contributed by atoms with Crippen molar-refractivity contribution in [3.63, 3.8) is 0 Å². The second-order valence-electron chi connectivity index (χ2n) is 6.83. The largest absolute Gasteiger partial charge is 0.507 e. The van der Waals surface area contributed by atoms with Gasteiger partial charge in [-0.25, -0.2) is 0 Å². The van der Waals surface area contributed by atoms with Gasteiger partial charge in [-0.15, -0.1) is 0 Å². The van der Waals surface area contributed by atoms with Crippen molar-refractivity contribution in [2.24, 2.45) is 0 Å². The summed E-state index contributed by atoms with van der Waals surface area (Å²) < 4.78 is 0. The van der Waals surface area contributed by atoms with Gasteiger partial charge >= 0.3 is 0 Å². The predicted octanol–water partition coefficient (Wildman–Crippen LogP) is 4.96. The Morgan fingerprint density at radius 1 is 0.862 bits per heavy atom. The number of aliphatic hydroxyl groups excluding tert-OH is 1. The summed E-state index contributed by atoms with van der Waals surface area (Å²) in [6.45, 7) is 0.266. The van der Waals surface area contributed by atoms with E-state index < -0.39 is 17.7 Å². The van der Waals surface area contributed by atoms with Crippen LogP contribution in [0.4, 0.5) is 0 Å². The minimum absolute atomic E-state index is 0.0828. The zero-order valence-corrected chi connectivity index (χ0v) is 16.2. The van der Waals surface area contributed by atoms with Gasteiger partial charge in [0, 0.05) is 17.1 Å². The van der Waals surface area contributed by atoms with Gasteiger partial charge in [-0.1, -0.05) is 72.3 Å². The first-order valence-corrected chi connectivity index (χ1v) is 9.57. The summed E-state index contributed by atoms with van der Waals surface area (Å²) in [5, 5.41) is 11.5. The van der Waals surface area contributed by atoms with Gasteiger partial charge in [-0.2, -0.15) is 0 Å². The molecule has 144 valence electrons. The standard InChI is InChI=1S/C24H18ClNO3/c25-19-13-11-18(12-14-19)22(27)20-21(17-9-5-2-6-10-17)26(24(29)23(20)28)15-16-7-3-1-4-8-16/h1-14,21,27H,15H2/t21-/m0/s1. The average molecular weight is 404 g/mol. The van der Waals surface area contributed by atoms with E-state index in [9.17, 15) is 14.7 Å². The third kappa shape index (κ3) is 3.67. The summed E-state index contributed by atoms with van der Waals surface area (Å²) in [6, 6.07) is 24.6. The summed E-state index contributed by atoms with van der Waals surface area (Å²) in [6.07, 6.45) is 0. The van der Waals surface area contributed by atoms with Crippen LogP contribution in [0.5, 0.6) is 0 Å². The first-order chi connectivity index (χ1) is 14.1. The highest BCUT2D eigenvalue weighted by molar-refractivity contribution is 6.46. The van der Waals surface area contributed by atoms with Crippen molar-refractivity contribution in [1.29, 1.82) is 0 Å². The molecule has 4 nitrogen and oxygen atoms in total. The lowest BCUT2D eigenvalue weighted by molar-refractivity contribution is -0.140. The van der Waals surface area contributed by atoms with Gasteiger partial charge in [0.1, 0.15) is 5.76 Å². The highest BCUT2D eigenvalue weighted by Gasteiger charge is 2.45. The quantitative estimate of drug-likeness (QED) is 0.380. The second kappa shape index (κ2) is 7.94. The zero-order valence-electron chi connectivity index (χ0n) is 15.5. The maximum atomic E-state index is 12.9. The van der Waals surface area contributed by atoms with E-state index in [0.29, 0.717) is 10.6 Å². The number of halogens is 1. The number of carbonyl (C=O) groups is 2. The third-order valence-electron chi connectivity index (χ3n) is 4.97. The molecule has 1 aliphatic heterocycles. The summed E-state index contributed by atoms with van der Waals surface area (Å²) in [5.41, 5.74) is 2.19. The summed E-state index contributed by atoms with van der Waals surface area (Å²) in [4.78, 5) is 27.3. The number of amides is 1. The molecule has 0 aliphatic carbocycles. The summed E-state index contributed by atoms with van der Waals surface area (Å²) >= 11 is 5.94. The lowest BCUT2D eigenvalue weighted by Gasteiger charge is -2.25.